The second-order valence-electron chi connectivity index (χ2n) is 4.98. The highest BCUT2D eigenvalue weighted by atomic mass is 16.5. The number of nitrogens with one attached hydrogen (secondary N) is 1. The fourth-order valence-electron chi connectivity index (χ4n) is 1.80. The van der Waals surface area contributed by atoms with Gasteiger partial charge < -0.3 is 14.9 Å². The first-order chi connectivity index (χ1) is 10.1. The van der Waals surface area contributed by atoms with E-state index in [1.165, 1.54) is 0 Å². The lowest BCUT2D eigenvalue weighted by atomic mass is 10.0. The number of carbonyl (C=O) groups is 1. The number of amides is 1. The lowest BCUT2D eigenvalue weighted by Gasteiger charge is -2.16. The fraction of sp³-hybridized carbons (Fsp3) is 0.400. The lowest BCUT2D eigenvalue weighted by molar-refractivity contribution is 0.0842. The van der Waals surface area contributed by atoms with E-state index in [4.69, 9.17) is 4.52 Å². The summed E-state index contributed by atoms with van der Waals surface area (Å²) >= 11 is 0. The number of nitrogens with zero attached hydrogens (tertiary/aromatic N) is 2. The van der Waals surface area contributed by atoms with Gasteiger partial charge in [-0.15, -0.1) is 0 Å². The second-order valence-corrected chi connectivity index (χ2v) is 4.98. The molecule has 21 heavy (non-hydrogen) atoms. The Balaban J connectivity index is 1.97. The molecule has 1 amide bonds. The normalized spacial score (nSPS) is 13.7. The number of aliphatic hydroxyl groups excluding tert-OH is 1. The number of hydrogen-bond donors (Lipinski definition) is 2. The van der Waals surface area contributed by atoms with Crippen molar-refractivity contribution in [3.8, 4) is 11.3 Å². The van der Waals surface area contributed by atoms with Gasteiger partial charge in [0.1, 0.15) is 0 Å². The minimum atomic E-state index is -0.564. The molecule has 0 bridgehead atoms. The van der Waals surface area contributed by atoms with Gasteiger partial charge in [0, 0.05) is 30.6 Å². The van der Waals surface area contributed by atoms with Crippen LogP contribution in [0, 0.1) is 5.92 Å². The summed E-state index contributed by atoms with van der Waals surface area (Å²) in [4.78, 5) is 15.9. The van der Waals surface area contributed by atoms with Crippen molar-refractivity contribution >= 4 is 5.91 Å². The number of rotatable bonds is 6. The largest absolute Gasteiger partial charge is 0.391 e. The maximum absolute atomic E-state index is 11.9. The molecular weight excluding hydrogens is 270 g/mol. The molecule has 6 nitrogen and oxygen atoms in total. The van der Waals surface area contributed by atoms with Gasteiger partial charge in [-0.05, 0) is 18.1 Å². The Labute approximate surface area is 123 Å². The van der Waals surface area contributed by atoms with Crippen molar-refractivity contribution in [1.82, 2.24) is 15.5 Å². The maximum Gasteiger partial charge on any atom is 0.273 e. The summed E-state index contributed by atoms with van der Waals surface area (Å²) in [6.45, 7) is 4.13. The molecule has 0 saturated carbocycles. The first kappa shape index (κ1) is 15.2. The zero-order valence-corrected chi connectivity index (χ0v) is 12.1. The highest BCUT2D eigenvalue weighted by molar-refractivity contribution is 5.93. The molecular formula is C15H19N3O3. The van der Waals surface area contributed by atoms with Crippen LogP contribution in [0.15, 0.2) is 35.1 Å². The standard InChI is InChI=1S/C15H19N3O3/c1-3-10(2)13(19)9-17-15(20)12-8-14(21-18-12)11-4-6-16-7-5-11/h4-8,10,13,19H,3,9H2,1-2H3,(H,17,20). The van der Waals surface area contributed by atoms with Gasteiger partial charge in [-0.25, -0.2) is 0 Å². The number of carbonyl (C=O) groups excluding carboxylic acids is 1. The van der Waals surface area contributed by atoms with Crippen LogP contribution in [0.25, 0.3) is 11.3 Å². The van der Waals surface area contributed by atoms with E-state index in [2.05, 4.69) is 15.5 Å². The zero-order valence-electron chi connectivity index (χ0n) is 12.1. The summed E-state index contributed by atoms with van der Waals surface area (Å²) in [5.41, 5.74) is 0.995. The van der Waals surface area contributed by atoms with E-state index in [0.29, 0.717) is 5.76 Å². The van der Waals surface area contributed by atoms with Crippen molar-refractivity contribution in [3.63, 3.8) is 0 Å². The van der Waals surface area contributed by atoms with Gasteiger partial charge in [0.15, 0.2) is 11.5 Å². The van der Waals surface area contributed by atoms with Crippen LogP contribution in [-0.2, 0) is 0 Å². The minimum Gasteiger partial charge on any atom is -0.391 e. The molecule has 2 atom stereocenters. The number of aromatic nitrogens is 2. The Morgan fingerprint density at radius 2 is 2.14 bits per heavy atom. The van der Waals surface area contributed by atoms with Crippen LogP contribution in [0.1, 0.15) is 30.8 Å². The first-order valence-corrected chi connectivity index (χ1v) is 6.95. The van der Waals surface area contributed by atoms with Gasteiger partial charge in [0.05, 0.1) is 6.10 Å². The quantitative estimate of drug-likeness (QED) is 0.847. The third-order valence-corrected chi connectivity index (χ3v) is 3.48. The van der Waals surface area contributed by atoms with E-state index in [1.54, 1.807) is 30.6 Å². The van der Waals surface area contributed by atoms with Crippen LogP contribution < -0.4 is 5.32 Å². The van der Waals surface area contributed by atoms with E-state index in [0.717, 1.165) is 12.0 Å². The van der Waals surface area contributed by atoms with E-state index in [-0.39, 0.29) is 24.1 Å². The van der Waals surface area contributed by atoms with E-state index >= 15 is 0 Å². The third-order valence-electron chi connectivity index (χ3n) is 3.48. The third kappa shape index (κ3) is 3.88. The number of aliphatic hydroxyl groups is 1. The predicted molar refractivity (Wildman–Crippen MR) is 77.5 cm³/mol. The van der Waals surface area contributed by atoms with Crippen LogP contribution >= 0.6 is 0 Å². The Hall–Kier alpha value is -2.21. The molecule has 0 aliphatic heterocycles. The molecule has 0 radical (unpaired) electrons. The number of pyridine rings is 1. The average Bonchev–Trinajstić information content (AvgIpc) is 3.02. The Kier molecular flexibility index (Phi) is 5.05. The van der Waals surface area contributed by atoms with Gasteiger partial charge >= 0.3 is 0 Å². The summed E-state index contributed by atoms with van der Waals surface area (Å²) in [6.07, 6.45) is 3.57. The summed E-state index contributed by atoms with van der Waals surface area (Å²) in [5, 5.41) is 16.2. The molecule has 2 rings (SSSR count). The fourth-order valence-corrected chi connectivity index (χ4v) is 1.80. The van der Waals surface area contributed by atoms with Crippen molar-refractivity contribution in [1.29, 1.82) is 0 Å². The molecule has 2 N–H and O–H groups in total. The molecule has 0 aliphatic rings. The van der Waals surface area contributed by atoms with Crippen molar-refractivity contribution in [2.45, 2.75) is 26.4 Å². The summed E-state index contributed by atoms with van der Waals surface area (Å²) < 4.78 is 5.15. The van der Waals surface area contributed by atoms with Crippen LogP contribution in [0.4, 0.5) is 0 Å². The topological polar surface area (TPSA) is 88.2 Å². The molecule has 0 fully saturated rings. The van der Waals surface area contributed by atoms with Crippen molar-refractivity contribution in [2.24, 2.45) is 5.92 Å². The zero-order chi connectivity index (χ0) is 15.2. The Morgan fingerprint density at radius 3 is 2.81 bits per heavy atom. The predicted octanol–water partition coefficient (Wildman–Crippen LogP) is 1.87. The van der Waals surface area contributed by atoms with Gasteiger partial charge in [-0.1, -0.05) is 25.4 Å². The van der Waals surface area contributed by atoms with Crippen LogP contribution in [0.5, 0.6) is 0 Å². The van der Waals surface area contributed by atoms with Gasteiger partial charge in [-0.3, -0.25) is 9.78 Å². The molecule has 0 spiro atoms. The number of hydrogen-bond acceptors (Lipinski definition) is 5. The lowest BCUT2D eigenvalue weighted by Crippen LogP contribution is -2.35. The molecule has 2 heterocycles. The molecule has 0 saturated heterocycles. The van der Waals surface area contributed by atoms with Crippen LogP contribution in [-0.4, -0.2) is 33.8 Å². The molecule has 2 aromatic rings. The highest BCUT2D eigenvalue weighted by Crippen LogP contribution is 2.19. The van der Waals surface area contributed by atoms with Crippen molar-refractivity contribution in [3.05, 3.63) is 36.3 Å². The average molecular weight is 289 g/mol. The molecule has 0 aromatic carbocycles. The molecule has 2 aromatic heterocycles. The first-order valence-electron chi connectivity index (χ1n) is 6.95. The monoisotopic (exact) mass is 289 g/mol. The summed E-state index contributed by atoms with van der Waals surface area (Å²) in [5.74, 6) is 0.279. The van der Waals surface area contributed by atoms with E-state index < -0.39 is 6.10 Å². The molecule has 0 aliphatic carbocycles. The molecule has 2 unspecified atom stereocenters. The Morgan fingerprint density at radius 1 is 1.43 bits per heavy atom. The van der Waals surface area contributed by atoms with Gasteiger partial charge in [-0.2, -0.15) is 0 Å². The van der Waals surface area contributed by atoms with Crippen molar-refractivity contribution < 1.29 is 14.4 Å². The summed E-state index contributed by atoms with van der Waals surface area (Å²) in [6, 6.07) is 5.12. The Bertz CT molecular complexity index is 583. The smallest absolute Gasteiger partial charge is 0.273 e. The van der Waals surface area contributed by atoms with Crippen LogP contribution in [0.3, 0.4) is 0 Å². The maximum atomic E-state index is 11.9. The summed E-state index contributed by atoms with van der Waals surface area (Å²) in [7, 11) is 0. The molecule has 112 valence electrons. The minimum absolute atomic E-state index is 0.134. The van der Waals surface area contributed by atoms with E-state index in [1.807, 2.05) is 13.8 Å². The molecule has 6 heteroatoms. The SMILES string of the molecule is CCC(C)C(O)CNC(=O)c1cc(-c2ccncc2)on1. The second kappa shape index (κ2) is 6.99. The highest BCUT2D eigenvalue weighted by Gasteiger charge is 2.17. The van der Waals surface area contributed by atoms with Gasteiger partial charge in [0.2, 0.25) is 0 Å². The van der Waals surface area contributed by atoms with Gasteiger partial charge in [0.25, 0.3) is 5.91 Å². The van der Waals surface area contributed by atoms with E-state index in [9.17, 15) is 9.90 Å². The van der Waals surface area contributed by atoms with Crippen molar-refractivity contribution in [2.75, 3.05) is 6.54 Å². The van der Waals surface area contributed by atoms with Crippen LogP contribution in [0.2, 0.25) is 0 Å².